The van der Waals surface area contributed by atoms with Crippen molar-refractivity contribution in [3.05, 3.63) is 164 Å². The van der Waals surface area contributed by atoms with Crippen molar-refractivity contribution in [3.8, 4) is 33.9 Å². The minimum absolute atomic E-state index is 0.911. The second kappa shape index (κ2) is 10.1. The van der Waals surface area contributed by atoms with Crippen molar-refractivity contribution in [3.63, 3.8) is 0 Å². The average molecular weight is 602 g/mol. The topological polar surface area (TPSA) is 35.9 Å². The fourth-order valence-electron chi connectivity index (χ4n) is 7.19. The van der Waals surface area contributed by atoms with E-state index in [9.17, 15) is 0 Å². The first-order chi connectivity index (χ1) is 23.3. The number of furan rings is 1. The first kappa shape index (κ1) is 25.9. The molecule has 7 aromatic carbocycles. The minimum atomic E-state index is 0.911. The normalized spacial score (nSPS) is 11.8. The van der Waals surface area contributed by atoms with Gasteiger partial charge in [-0.15, -0.1) is 0 Å². The van der Waals surface area contributed by atoms with Crippen LogP contribution in [0.25, 0.3) is 88.7 Å². The van der Waals surface area contributed by atoms with Gasteiger partial charge in [-0.3, -0.25) is 4.57 Å². The standard InChI is InChI=1S/C43H27N3O/c1-2-10-28(11-3-1)29-18-20-30(21-19-29)43-44-36-14-6-8-16-38(36)46(43)32-24-22-31(23-25-32)45-37-15-7-4-13-35(37)41-39(45)27-26-34-33-12-5-9-17-40(33)47-42(34)41/h1-27H. The first-order valence-corrected chi connectivity index (χ1v) is 15.9. The molecule has 0 amide bonds. The van der Waals surface area contributed by atoms with E-state index in [1.165, 1.54) is 16.5 Å². The molecule has 0 aliphatic heterocycles. The molecule has 0 aliphatic rings. The monoisotopic (exact) mass is 601 g/mol. The second-order valence-electron chi connectivity index (χ2n) is 12.0. The van der Waals surface area contributed by atoms with Crippen LogP contribution in [0.2, 0.25) is 0 Å². The number of imidazole rings is 1. The molecule has 0 spiro atoms. The number of fused-ring (bicyclic) bond motifs is 8. The van der Waals surface area contributed by atoms with Crippen LogP contribution in [-0.4, -0.2) is 14.1 Å². The lowest BCUT2D eigenvalue weighted by Crippen LogP contribution is -1.99. The van der Waals surface area contributed by atoms with Gasteiger partial charge in [0.15, 0.2) is 0 Å². The van der Waals surface area contributed by atoms with Gasteiger partial charge in [-0.25, -0.2) is 4.98 Å². The van der Waals surface area contributed by atoms with Gasteiger partial charge in [-0.05, 0) is 71.8 Å². The molecule has 0 saturated heterocycles. The SMILES string of the molecule is c1ccc(-c2ccc(-c3nc4ccccc4n3-c3ccc(-n4c5ccccc5c5c6oc7ccccc7c6ccc54)cc3)cc2)cc1. The first-order valence-electron chi connectivity index (χ1n) is 15.9. The molecule has 4 nitrogen and oxygen atoms in total. The molecule has 0 saturated carbocycles. The molecule has 0 fully saturated rings. The largest absolute Gasteiger partial charge is 0.455 e. The number of benzene rings is 7. The highest BCUT2D eigenvalue weighted by Crippen LogP contribution is 2.40. The van der Waals surface area contributed by atoms with Gasteiger partial charge in [0, 0.05) is 33.1 Å². The summed E-state index contributed by atoms with van der Waals surface area (Å²) in [4.78, 5) is 5.11. The lowest BCUT2D eigenvalue weighted by atomic mass is 10.0. The second-order valence-corrected chi connectivity index (χ2v) is 12.0. The minimum Gasteiger partial charge on any atom is -0.455 e. The van der Waals surface area contributed by atoms with E-state index in [4.69, 9.17) is 9.40 Å². The Morgan fingerprint density at radius 3 is 1.83 bits per heavy atom. The third-order valence-corrected chi connectivity index (χ3v) is 9.36. The smallest absolute Gasteiger partial charge is 0.145 e. The van der Waals surface area contributed by atoms with Crippen molar-refractivity contribution < 1.29 is 4.42 Å². The summed E-state index contributed by atoms with van der Waals surface area (Å²) < 4.78 is 11.1. The summed E-state index contributed by atoms with van der Waals surface area (Å²) in [6.07, 6.45) is 0. The van der Waals surface area contributed by atoms with Crippen LogP contribution in [-0.2, 0) is 0 Å². The molecule has 10 rings (SSSR count). The highest BCUT2D eigenvalue weighted by atomic mass is 16.3. The van der Waals surface area contributed by atoms with Crippen LogP contribution in [0.4, 0.5) is 0 Å². The predicted octanol–water partition coefficient (Wildman–Crippen LogP) is 11.4. The lowest BCUT2D eigenvalue weighted by Gasteiger charge is -2.13. The van der Waals surface area contributed by atoms with Crippen molar-refractivity contribution in [2.24, 2.45) is 0 Å². The predicted molar refractivity (Wildman–Crippen MR) is 194 cm³/mol. The van der Waals surface area contributed by atoms with Crippen LogP contribution in [0.15, 0.2) is 168 Å². The van der Waals surface area contributed by atoms with Gasteiger partial charge >= 0.3 is 0 Å². The molecule has 47 heavy (non-hydrogen) atoms. The zero-order valence-electron chi connectivity index (χ0n) is 25.3. The molecule has 4 heteroatoms. The molecule has 0 radical (unpaired) electrons. The Morgan fingerprint density at radius 1 is 0.404 bits per heavy atom. The third kappa shape index (κ3) is 3.92. The van der Waals surface area contributed by atoms with E-state index in [1.54, 1.807) is 0 Å². The number of aromatic nitrogens is 3. The van der Waals surface area contributed by atoms with E-state index in [2.05, 4.69) is 149 Å². The number of nitrogens with zero attached hydrogens (tertiary/aromatic N) is 3. The van der Waals surface area contributed by atoms with Gasteiger partial charge < -0.3 is 8.98 Å². The van der Waals surface area contributed by atoms with Crippen molar-refractivity contribution in [2.75, 3.05) is 0 Å². The van der Waals surface area contributed by atoms with Crippen molar-refractivity contribution >= 4 is 54.8 Å². The van der Waals surface area contributed by atoms with E-state index in [0.717, 1.165) is 72.2 Å². The molecule has 0 bridgehead atoms. The Kier molecular flexibility index (Phi) is 5.54. The van der Waals surface area contributed by atoms with Crippen LogP contribution in [0, 0.1) is 0 Å². The van der Waals surface area contributed by atoms with Crippen LogP contribution in [0.5, 0.6) is 0 Å². The van der Waals surface area contributed by atoms with Gasteiger partial charge in [-0.1, -0.05) is 103 Å². The van der Waals surface area contributed by atoms with Gasteiger partial charge in [0.2, 0.25) is 0 Å². The fraction of sp³-hybridized carbons (Fsp3) is 0. The molecule has 0 unspecified atom stereocenters. The van der Waals surface area contributed by atoms with Crippen LogP contribution in [0.1, 0.15) is 0 Å². The molecular weight excluding hydrogens is 574 g/mol. The zero-order chi connectivity index (χ0) is 30.9. The Bertz CT molecular complexity index is 2760. The summed E-state index contributed by atoms with van der Waals surface area (Å²) >= 11 is 0. The van der Waals surface area contributed by atoms with Gasteiger partial charge in [-0.2, -0.15) is 0 Å². The molecule has 3 heterocycles. The summed E-state index contributed by atoms with van der Waals surface area (Å²) in [6.45, 7) is 0. The van der Waals surface area contributed by atoms with E-state index in [-0.39, 0.29) is 0 Å². The van der Waals surface area contributed by atoms with E-state index < -0.39 is 0 Å². The molecule has 0 atom stereocenters. The maximum Gasteiger partial charge on any atom is 0.145 e. The molecular formula is C43H27N3O. The summed E-state index contributed by atoms with van der Waals surface area (Å²) in [5.41, 5.74) is 11.8. The van der Waals surface area contributed by atoms with Gasteiger partial charge in [0.1, 0.15) is 17.0 Å². The van der Waals surface area contributed by atoms with E-state index >= 15 is 0 Å². The molecule has 0 aliphatic carbocycles. The molecule has 220 valence electrons. The van der Waals surface area contributed by atoms with Gasteiger partial charge in [0.25, 0.3) is 0 Å². The third-order valence-electron chi connectivity index (χ3n) is 9.36. The van der Waals surface area contributed by atoms with Gasteiger partial charge in [0.05, 0.1) is 27.5 Å². The van der Waals surface area contributed by atoms with Crippen molar-refractivity contribution in [1.82, 2.24) is 14.1 Å². The van der Waals surface area contributed by atoms with E-state index in [1.807, 2.05) is 24.3 Å². The maximum absolute atomic E-state index is 6.50. The zero-order valence-corrected chi connectivity index (χ0v) is 25.3. The lowest BCUT2D eigenvalue weighted by molar-refractivity contribution is 0.673. The van der Waals surface area contributed by atoms with E-state index in [0.29, 0.717) is 0 Å². The maximum atomic E-state index is 6.50. The fourth-order valence-corrected chi connectivity index (χ4v) is 7.19. The number of para-hydroxylation sites is 4. The Labute approximate surface area is 270 Å². The Balaban J connectivity index is 1.13. The highest BCUT2D eigenvalue weighted by molar-refractivity contribution is 6.23. The summed E-state index contributed by atoms with van der Waals surface area (Å²) in [6, 6.07) is 57.7. The van der Waals surface area contributed by atoms with Crippen molar-refractivity contribution in [1.29, 1.82) is 0 Å². The van der Waals surface area contributed by atoms with Crippen LogP contribution < -0.4 is 0 Å². The summed E-state index contributed by atoms with van der Waals surface area (Å²) in [5, 5.41) is 4.60. The summed E-state index contributed by atoms with van der Waals surface area (Å²) in [7, 11) is 0. The highest BCUT2D eigenvalue weighted by Gasteiger charge is 2.19. The Morgan fingerprint density at radius 2 is 1.02 bits per heavy atom. The summed E-state index contributed by atoms with van der Waals surface area (Å²) in [5.74, 6) is 0.919. The molecule has 10 aromatic rings. The van der Waals surface area contributed by atoms with Crippen LogP contribution >= 0.6 is 0 Å². The Hall–Kier alpha value is -6.39. The number of rotatable bonds is 4. The molecule has 0 N–H and O–H groups in total. The van der Waals surface area contributed by atoms with Crippen molar-refractivity contribution in [2.45, 2.75) is 0 Å². The quantitative estimate of drug-likeness (QED) is 0.201. The van der Waals surface area contributed by atoms with Crippen LogP contribution in [0.3, 0.4) is 0 Å². The average Bonchev–Trinajstić information content (AvgIpc) is 3.82. The molecule has 3 aromatic heterocycles. The number of hydrogen-bond acceptors (Lipinski definition) is 2. The number of hydrogen-bond donors (Lipinski definition) is 0.